The molecule has 0 aromatic heterocycles. The smallest absolute Gasteiger partial charge is 0.207 e. The van der Waals surface area contributed by atoms with Gasteiger partial charge in [-0.1, -0.05) is 6.42 Å². The first-order valence-electron chi connectivity index (χ1n) is 10.1. The molecule has 2 fully saturated rings. The van der Waals surface area contributed by atoms with Gasteiger partial charge < -0.3 is 23.8 Å². The largest absolute Gasteiger partial charge is 0.493 e. The summed E-state index contributed by atoms with van der Waals surface area (Å²) >= 11 is 0. The zero-order valence-corrected chi connectivity index (χ0v) is 17.0. The molecule has 3 rings (SSSR count). The zero-order valence-electron chi connectivity index (χ0n) is 17.0. The summed E-state index contributed by atoms with van der Waals surface area (Å²) in [5.74, 6) is 2.50. The van der Waals surface area contributed by atoms with Gasteiger partial charge in [-0.25, -0.2) is 0 Å². The average Bonchev–Trinajstić information content (AvgIpc) is 2.72. The van der Waals surface area contributed by atoms with E-state index in [1.165, 1.54) is 45.4 Å². The van der Waals surface area contributed by atoms with Crippen molar-refractivity contribution in [2.75, 3.05) is 60.7 Å². The van der Waals surface area contributed by atoms with Crippen LogP contribution < -0.4 is 18.9 Å². The van der Waals surface area contributed by atoms with E-state index in [4.69, 9.17) is 18.9 Å². The van der Waals surface area contributed by atoms with Crippen LogP contribution in [-0.2, 0) is 0 Å². The maximum Gasteiger partial charge on any atom is 0.207 e. The number of unbranched alkanes of at least 4 members (excludes halogenated alkanes) is 1. The molecule has 152 valence electrons. The first-order chi connectivity index (χ1) is 13.3. The van der Waals surface area contributed by atoms with Gasteiger partial charge in [0.15, 0.2) is 11.5 Å². The first-order valence-corrected chi connectivity index (χ1v) is 10.1. The molecular weight excluding hydrogens is 344 g/mol. The number of methoxy groups -OCH3 is 3. The summed E-state index contributed by atoms with van der Waals surface area (Å²) in [4.78, 5) is 5.32. The molecule has 1 atom stereocenters. The fraction of sp³-hybridized carbons (Fsp3) is 0.714. The van der Waals surface area contributed by atoms with Gasteiger partial charge in [0.05, 0.1) is 27.9 Å². The lowest BCUT2D eigenvalue weighted by molar-refractivity contribution is 0.0482. The third-order valence-corrected chi connectivity index (χ3v) is 5.72. The quantitative estimate of drug-likeness (QED) is 0.616. The molecule has 0 radical (unpaired) electrons. The first kappa shape index (κ1) is 20.1. The van der Waals surface area contributed by atoms with Crippen LogP contribution in [0.5, 0.6) is 23.0 Å². The van der Waals surface area contributed by atoms with Crippen LogP contribution in [0.3, 0.4) is 0 Å². The minimum Gasteiger partial charge on any atom is -0.493 e. The van der Waals surface area contributed by atoms with Crippen molar-refractivity contribution in [3.05, 3.63) is 12.1 Å². The van der Waals surface area contributed by atoms with Gasteiger partial charge in [0, 0.05) is 25.7 Å². The molecule has 1 unspecified atom stereocenters. The highest BCUT2D eigenvalue weighted by molar-refractivity contribution is 5.59. The lowest BCUT2D eigenvalue weighted by Crippen LogP contribution is -2.54. The van der Waals surface area contributed by atoms with E-state index in [0.717, 1.165) is 25.4 Å². The summed E-state index contributed by atoms with van der Waals surface area (Å²) in [5.41, 5.74) is 0. The van der Waals surface area contributed by atoms with Crippen molar-refractivity contribution >= 4 is 0 Å². The van der Waals surface area contributed by atoms with E-state index in [1.807, 2.05) is 12.1 Å². The molecule has 0 bridgehead atoms. The highest BCUT2D eigenvalue weighted by atomic mass is 16.5. The molecule has 2 heterocycles. The maximum absolute atomic E-state index is 5.96. The van der Waals surface area contributed by atoms with Crippen LogP contribution in [0.15, 0.2) is 12.1 Å². The molecule has 27 heavy (non-hydrogen) atoms. The molecule has 2 aliphatic rings. The zero-order chi connectivity index (χ0) is 19.1. The second-order valence-corrected chi connectivity index (χ2v) is 7.37. The van der Waals surface area contributed by atoms with Crippen LogP contribution in [-0.4, -0.2) is 76.5 Å². The van der Waals surface area contributed by atoms with E-state index in [0.29, 0.717) is 29.6 Å². The molecule has 2 saturated heterocycles. The molecule has 0 amide bonds. The molecule has 1 aromatic rings. The predicted octanol–water partition coefficient (Wildman–Crippen LogP) is 3.04. The number of hydrogen-bond donors (Lipinski definition) is 0. The molecule has 2 aliphatic heterocycles. The Morgan fingerprint density at radius 2 is 1.67 bits per heavy atom. The standard InChI is InChI=1S/C21H34N2O4/c1-24-18-9-10-19(21(26-3)20(18)25-2)27-15-7-6-11-22-13-14-23-12-5-4-8-17(23)16-22/h9-10,17H,4-8,11-16H2,1-3H3. The molecule has 0 N–H and O–H groups in total. The van der Waals surface area contributed by atoms with Crippen molar-refractivity contribution in [3.8, 4) is 23.0 Å². The third kappa shape index (κ3) is 4.99. The number of piperazine rings is 1. The van der Waals surface area contributed by atoms with Crippen molar-refractivity contribution in [1.29, 1.82) is 0 Å². The molecular formula is C21H34N2O4. The Bertz CT molecular complexity index is 596. The van der Waals surface area contributed by atoms with Gasteiger partial charge in [-0.3, -0.25) is 4.90 Å². The Kier molecular flexibility index (Phi) is 7.47. The van der Waals surface area contributed by atoms with Crippen molar-refractivity contribution in [2.24, 2.45) is 0 Å². The molecule has 0 aliphatic carbocycles. The maximum atomic E-state index is 5.96. The SMILES string of the molecule is COc1ccc(OCCCCN2CCN3CCCCC3C2)c(OC)c1OC. The van der Waals surface area contributed by atoms with Crippen molar-refractivity contribution in [3.63, 3.8) is 0 Å². The number of rotatable bonds is 9. The van der Waals surface area contributed by atoms with E-state index in [2.05, 4.69) is 9.80 Å². The van der Waals surface area contributed by atoms with Gasteiger partial charge in [-0.05, 0) is 50.9 Å². The van der Waals surface area contributed by atoms with Crippen molar-refractivity contribution in [2.45, 2.75) is 38.1 Å². The van der Waals surface area contributed by atoms with Crippen molar-refractivity contribution < 1.29 is 18.9 Å². The Morgan fingerprint density at radius 3 is 2.44 bits per heavy atom. The van der Waals surface area contributed by atoms with Gasteiger partial charge in [0.1, 0.15) is 0 Å². The highest BCUT2D eigenvalue weighted by Crippen LogP contribution is 2.43. The molecule has 0 saturated carbocycles. The van der Waals surface area contributed by atoms with Gasteiger partial charge in [-0.15, -0.1) is 0 Å². The molecule has 6 heteroatoms. The Labute approximate surface area is 163 Å². The lowest BCUT2D eigenvalue weighted by atomic mass is 9.99. The fourth-order valence-corrected chi connectivity index (χ4v) is 4.23. The number of ether oxygens (including phenoxy) is 4. The van der Waals surface area contributed by atoms with E-state index in [-0.39, 0.29) is 0 Å². The van der Waals surface area contributed by atoms with Gasteiger partial charge in [0.25, 0.3) is 0 Å². The van der Waals surface area contributed by atoms with Crippen LogP contribution in [0.2, 0.25) is 0 Å². The van der Waals surface area contributed by atoms with Gasteiger partial charge in [-0.2, -0.15) is 0 Å². The molecule has 1 aromatic carbocycles. The summed E-state index contributed by atoms with van der Waals surface area (Å²) < 4.78 is 22.1. The number of piperidine rings is 1. The fourth-order valence-electron chi connectivity index (χ4n) is 4.23. The Balaban J connectivity index is 1.41. The topological polar surface area (TPSA) is 43.4 Å². The second kappa shape index (κ2) is 10.0. The second-order valence-electron chi connectivity index (χ2n) is 7.37. The molecule has 6 nitrogen and oxygen atoms in total. The summed E-state index contributed by atoms with van der Waals surface area (Å²) in [6.45, 7) is 6.83. The predicted molar refractivity (Wildman–Crippen MR) is 106 cm³/mol. The van der Waals surface area contributed by atoms with E-state index in [1.54, 1.807) is 21.3 Å². The van der Waals surface area contributed by atoms with E-state index in [9.17, 15) is 0 Å². The number of benzene rings is 1. The van der Waals surface area contributed by atoms with Crippen LogP contribution in [0.1, 0.15) is 32.1 Å². The highest BCUT2D eigenvalue weighted by Gasteiger charge is 2.28. The van der Waals surface area contributed by atoms with Gasteiger partial charge in [0.2, 0.25) is 11.5 Å². The van der Waals surface area contributed by atoms with Crippen LogP contribution in [0.25, 0.3) is 0 Å². The summed E-state index contributed by atoms with van der Waals surface area (Å²) in [7, 11) is 4.84. The number of fused-ring (bicyclic) bond motifs is 1. The average molecular weight is 379 g/mol. The Hall–Kier alpha value is -1.66. The Morgan fingerprint density at radius 1 is 0.889 bits per heavy atom. The van der Waals surface area contributed by atoms with Crippen LogP contribution in [0, 0.1) is 0 Å². The third-order valence-electron chi connectivity index (χ3n) is 5.72. The normalized spacial score (nSPS) is 20.8. The van der Waals surface area contributed by atoms with E-state index < -0.39 is 0 Å². The molecule has 0 spiro atoms. The van der Waals surface area contributed by atoms with Crippen LogP contribution in [0.4, 0.5) is 0 Å². The monoisotopic (exact) mass is 378 g/mol. The minimum atomic E-state index is 0.572. The number of hydrogen-bond acceptors (Lipinski definition) is 6. The van der Waals surface area contributed by atoms with E-state index >= 15 is 0 Å². The number of nitrogens with zero attached hydrogens (tertiary/aromatic N) is 2. The van der Waals surface area contributed by atoms with Gasteiger partial charge >= 0.3 is 0 Å². The lowest BCUT2D eigenvalue weighted by Gasteiger charge is -2.44. The summed E-state index contributed by atoms with van der Waals surface area (Å²) in [6, 6.07) is 4.52. The summed E-state index contributed by atoms with van der Waals surface area (Å²) in [5, 5.41) is 0. The van der Waals surface area contributed by atoms with Crippen LogP contribution >= 0.6 is 0 Å². The van der Waals surface area contributed by atoms with Crippen molar-refractivity contribution in [1.82, 2.24) is 9.80 Å². The minimum absolute atomic E-state index is 0.572. The summed E-state index contributed by atoms with van der Waals surface area (Å²) in [6.07, 6.45) is 6.34.